The monoisotopic (exact) mass is 268 g/mol. The van der Waals surface area contributed by atoms with E-state index in [2.05, 4.69) is 0 Å². The first kappa shape index (κ1) is 14.3. The lowest BCUT2D eigenvalue weighted by Crippen LogP contribution is -2.45. The van der Waals surface area contributed by atoms with Gasteiger partial charge in [0.25, 0.3) is 0 Å². The maximum absolute atomic E-state index is 12.5. The molecule has 0 radical (unpaired) electrons. The number of carbonyl (C=O) groups is 2. The summed E-state index contributed by atoms with van der Waals surface area (Å²) >= 11 is 0. The Morgan fingerprint density at radius 2 is 1.95 bits per heavy atom. The van der Waals surface area contributed by atoms with Gasteiger partial charge in [-0.15, -0.1) is 0 Å². The molecule has 0 aromatic carbocycles. The summed E-state index contributed by atoms with van der Waals surface area (Å²) in [7, 11) is 0. The quantitative estimate of drug-likeness (QED) is 0.777. The van der Waals surface area contributed by atoms with E-state index in [0.717, 1.165) is 25.7 Å². The summed E-state index contributed by atoms with van der Waals surface area (Å²) in [4.78, 5) is 26.1. The van der Waals surface area contributed by atoms with E-state index in [0.29, 0.717) is 19.6 Å². The Morgan fingerprint density at radius 1 is 1.26 bits per heavy atom. The van der Waals surface area contributed by atoms with Gasteiger partial charge in [-0.2, -0.15) is 0 Å². The highest BCUT2D eigenvalue weighted by molar-refractivity contribution is 5.86. The van der Waals surface area contributed by atoms with Gasteiger partial charge in [-0.05, 0) is 26.2 Å². The topological polar surface area (TPSA) is 72.6 Å². The zero-order valence-electron chi connectivity index (χ0n) is 11.6. The van der Waals surface area contributed by atoms with Gasteiger partial charge in [0.05, 0.1) is 6.61 Å². The van der Waals surface area contributed by atoms with Crippen molar-refractivity contribution in [3.63, 3.8) is 0 Å². The third kappa shape index (κ3) is 3.26. The minimum Gasteiger partial charge on any atom is -0.464 e. The molecular formula is C14H24N2O3. The van der Waals surface area contributed by atoms with Gasteiger partial charge in [-0.1, -0.05) is 19.3 Å². The lowest BCUT2D eigenvalue weighted by Gasteiger charge is -2.29. The fourth-order valence-electron chi connectivity index (χ4n) is 3.16. The van der Waals surface area contributed by atoms with Crippen LogP contribution in [0, 0.1) is 5.92 Å². The summed E-state index contributed by atoms with van der Waals surface area (Å²) in [6.45, 7) is 2.61. The third-order valence-electron chi connectivity index (χ3n) is 4.13. The summed E-state index contributed by atoms with van der Waals surface area (Å²) in [6.07, 6.45) is 5.85. The Morgan fingerprint density at radius 3 is 2.58 bits per heavy atom. The smallest absolute Gasteiger partial charge is 0.328 e. The Hall–Kier alpha value is -1.10. The first-order valence-electron chi connectivity index (χ1n) is 7.36. The molecule has 1 amide bonds. The Bertz CT molecular complexity index is 340. The van der Waals surface area contributed by atoms with Crippen LogP contribution in [0.15, 0.2) is 0 Å². The first-order chi connectivity index (χ1) is 9.13. The Labute approximate surface area is 114 Å². The standard InChI is InChI=1S/C14H24N2O3/c1-2-19-14(18)12-8-11(15)9-16(12)13(17)10-6-4-3-5-7-10/h10-12H,2-9,15H2,1H3/t11-,12-/m0/s1. The predicted molar refractivity (Wildman–Crippen MR) is 71.3 cm³/mol. The van der Waals surface area contributed by atoms with Gasteiger partial charge in [0, 0.05) is 18.5 Å². The van der Waals surface area contributed by atoms with Crippen molar-refractivity contribution in [3.8, 4) is 0 Å². The Kier molecular flexibility index (Phi) is 4.80. The van der Waals surface area contributed by atoms with Crippen LogP contribution in [-0.2, 0) is 14.3 Å². The largest absolute Gasteiger partial charge is 0.464 e. The summed E-state index contributed by atoms with van der Waals surface area (Å²) in [6, 6.07) is -0.577. The zero-order valence-corrected chi connectivity index (χ0v) is 11.6. The molecule has 19 heavy (non-hydrogen) atoms. The molecular weight excluding hydrogens is 244 g/mol. The molecule has 5 nitrogen and oxygen atoms in total. The Balaban J connectivity index is 2.02. The highest BCUT2D eigenvalue weighted by Crippen LogP contribution is 2.28. The van der Waals surface area contributed by atoms with Gasteiger partial charge in [0.1, 0.15) is 6.04 Å². The number of likely N-dealkylation sites (tertiary alicyclic amines) is 1. The lowest BCUT2D eigenvalue weighted by atomic mass is 9.88. The van der Waals surface area contributed by atoms with Crippen molar-refractivity contribution in [3.05, 3.63) is 0 Å². The molecule has 0 aromatic rings. The van der Waals surface area contributed by atoms with Gasteiger partial charge in [-0.25, -0.2) is 4.79 Å². The molecule has 108 valence electrons. The lowest BCUT2D eigenvalue weighted by molar-refractivity contribution is -0.154. The first-order valence-corrected chi connectivity index (χ1v) is 7.36. The molecule has 0 unspecified atom stereocenters. The number of hydrogen-bond donors (Lipinski definition) is 1. The molecule has 2 N–H and O–H groups in total. The predicted octanol–water partition coefficient (Wildman–Crippen LogP) is 1.06. The number of esters is 1. The molecule has 1 aliphatic heterocycles. The van der Waals surface area contributed by atoms with Crippen molar-refractivity contribution in [2.45, 2.75) is 57.5 Å². The van der Waals surface area contributed by atoms with Crippen molar-refractivity contribution >= 4 is 11.9 Å². The van der Waals surface area contributed by atoms with Gasteiger partial charge < -0.3 is 15.4 Å². The number of nitrogens with two attached hydrogens (primary N) is 1. The van der Waals surface area contributed by atoms with Crippen LogP contribution >= 0.6 is 0 Å². The van der Waals surface area contributed by atoms with Gasteiger partial charge >= 0.3 is 5.97 Å². The number of carbonyl (C=O) groups excluding carboxylic acids is 2. The van der Waals surface area contributed by atoms with E-state index in [9.17, 15) is 9.59 Å². The fourth-order valence-corrected chi connectivity index (χ4v) is 3.16. The summed E-state index contributed by atoms with van der Waals surface area (Å²) in [5, 5.41) is 0. The van der Waals surface area contributed by atoms with E-state index in [1.807, 2.05) is 0 Å². The van der Waals surface area contributed by atoms with Crippen LogP contribution in [0.1, 0.15) is 45.4 Å². The van der Waals surface area contributed by atoms with E-state index >= 15 is 0 Å². The molecule has 2 fully saturated rings. The van der Waals surface area contributed by atoms with Crippen LogP contribution in [0.5, 0.6) is 0 Å². The average Bonchev–Trinajstić information content (AvgIpc) is 2.81. The van der Waals surface area contributed by atoms with Crippen molar-refractivity contribution < 1.29 is 14.3 Å². The number of ether oxygens (including phenoxy) is 1. The van der Waals surface area contributed by atoms with Crippen LogP contribution in [-0.4, -0.2) is 42.0 Å². The van der Waals surface area contributed by atoms with Gasteiger partial charge in [-0.3, -0.25) is 4.79 Å². The van der Waals surface area contributed by atoms with Crippen molar-refractivity contribution in [1.29, 1.82) is 0 Å². The van der Waals surface area contributed by atoms with Crippen LogP contribution in [0.2, 0.25) is 0 Å². The van der Waals surface area contributed by atoms with Crippen LogP contribution in [0.3, 0.4) is 0 Å². The van der Waals surface area contributed by atoms with Crippen LogP contribution in [0.4, 0.5) is 0 Å². The number of hydrogen-bond acceptors (Lipinski definition) is 4. The van der Waals surface area contributed by atoms with Gasteiger partial charge in [0.2, 0.25) is 5.91 Å². The zero-order chi connectivity index (χ0) is 13.8. The number of nitrogens with zero attached hydrogens (tertiary/aromatic N) is 1. The molecule has 1 aliphatic carbocycles. The second-order valence-corrected chi connectivity index (χ2v) is 5.59. The number of rotatable bonds is 3. The maximum Gasteiger partial charge on any atom is 0.328 e. The van der Waals surface area contributed by atoms with Crippen LogP contribution < -0.4 is 5.73 Å². The van der Waals surface area contributed by atoms with E-state index < -0.39 is 6.04 Å². The second-order valence-electron chi connectivity index (χ2n) is 5.59. The normalized spacial score (nSPS) is 28.4. The van der Waals surface area contributed by atoms with E-state index in [4.69, 9.17) is 10.5 Å². The van der Waals surface area contributed by atoms with E-state index in [-0.39, 0.29) is 23.8 Å². The van der Waals surface area contributed by atoms with Crippen molar-refractivity contribution in [2.75, 3.05) is 13.2 Å². The second kappa shape index (κ2) is 6.37. The molecule has 5 heteroatoms. The molecule has 1 saturated heterocycles. The molecule has 2 rings (SSSR count). The molecule has 0 aromatic heterocycles. The van der Waals surface area contributed by atoms with Crippen LogP contribution in [0.25, 0.3) is 0 Å². The van der Waals surface area contributed by atoms with E-state index in [1.54, 1.807) is 11.8 Å². The molecule has 2 atom stereocenters. The number of amides is 1. The summed E-state index contributed by atoms with van der Waals surface area (Å²) in [5.74, 6) is -0.124. The summed E-state index contributed by atoms with van der Waals surface area (Å²) < 4.78 is 5.05. The molecule has 1 heterocycles. The van der Waals surface area contributed by atoms with Crippen molar-refractivity contribution in [2.24, 2.45) is 11.7 Å². The molecule has 0 spiro atoms. The average molecular weight is 268 g/mol. The molecule has 2 aliphatic rings. The minimum absolute atomic E-state index is 0.0796. The molecule has 1 saturated carbocycles. The highest BCUT2D eigenvalue weighted by Gasteiger charge is 2.41. The van der Waals surface area contributed by atoms with Gasteiger partial charge in [0.15, 0.2) is 0 Å². The van der Waals surface area contributed by atoms with Crippen molar-refractivity contribution in [1.82, 2.24) is 4.90 Å². The summed E-state index contributed by atoms with van der Waals surface area (Å²) in [5.41, 5.74) is 5.92. The third-order valence-corrected chi connectivity index (χ3v) is 4.13. The molecule has 0 bridgehead atoms. The minimum atomic E-state index is -0.468. The fraction of sp³-hybridized carbons (Fsp3) is 0.857. The maximum atomic E-state index is 12.5. The SMILES string of the molecule is CCOC(=O)[C@@H]1C[C@H](N)CN1C(=O)C1CCCCC1. The highest BCUT2D eigenvalue weighted by atomic mass is 16.5. The van der Waals surface area contributed by atoms with E-state index in [1.165, 1.54) is 6.42 Å².